The summed E-state index contributed by atoms with van der Waals surface area (Å²) in [6, 6.07) is 19.2. The smallest absolute Gasteiger partial charge is 0 e. The van der Waals surface area contributed by atoms with Crippen LogP contribution in [0.25, 0.3) is 10.8 Å². The summed E-state index contributed by atoms with van der Waals surface area (Å²) in [6.45, 7) is 8.61. The van der Waals surface area contributed by atoms with Gasteiger partial charge in [0.1, 0.15) is 0 Å². The molecule has 3 aromatic rings. The van der Waals surface area contributed by atoms with Crippen molar-refractivity contribution in [2.75, 3.05) is 0 Å². The molecule has 1 aliphatic carbocycles. The molecule has 0 bridgehead atoms. The summed E-state index contributed by atoms with van der Waals surface area (Å²) in [5.74, 6) is 0. The second-order valence-electron chi connectivity index (χ2n) is 6.90. The Kier molecular flexibility index (Phi) is 10.4. The van der Waals surface area contributed by atoms with Gasteiger partial charge in [0.15, 0.2) is 0 Å². The number of rotatable bonds is 0. The molecule has 0 unspecified atom stereocenters. The summed E-state index contributed by atoms with van der Waals surface area (Å²) in [7, 11) is 0. The molecule has 0 aromatic heterocycles. The zero-order valence-electron chi connectivity index (χ0n) is 16.4. The summed E-state index contributed by atoms with van der Waals surface area (Å²) in [5, 5.41) is 2.66. The van der Waals surface area contributed by atoms with Crippen LogP contribution >= 0.6 is 0 Å². The second kappa shape index (κ2) is 11.2. The Bertz CT molecular complexity index is 794. The molecule has 2 radical (unpaired) electrons. The van der Waals surface area contributed by atoms with E-state index in [4.69, 9.17) is 0 Å². The van der Waals surface area contributed by atoms with E-state index in [-0.39, 0.29) is 65.4 Å². The molecule has 0 saturated carbocycles. The number of fused-ring (bicyclic) bond motifs is 2. The Hall–Kier alpha value is 0.128. The van der Waals surface area contributed by atoms with Crippen LogP contribution in [0.2, 0.25) is 0 Å². The molecule has 0 heterocycles. The minimum absolute atomic E-state index is 0. The van der Waals surface area contributed by atoms with Gasteiger partial charge in [-0.15, -0.1) is 22.4 Å². The fraction of sp³-hybridized carbons (Fsp3) is 0.333. The first-order valence-electron chi connectivity index (χ1n) is 8.94. The molecule has 3 aromatic carbocycles. The molecule has 0 atom stereocenters. The van der Waals surface area contributed by atoms with Crippen molar-refractivity contribution in [1.82, 2.24) is 0 Å². The Labute approximate surface area is 209 Å². The van der Waals surface area contributed by atoms with Gasteiger partial charge < -0.3 is 0 Å². The Morgan fingerprint density at radius 3 is 1.81 bits per heavy atom. The molecule has 0 spiro atoms. The zero-order valence-corrected chi connectivity index (χ0v) is 22.1. The molecule has 0 saturated heterocycles. The standard InChI is InChI=1S/C12H15.C12H11.2Y/c2*1-9-7-8-10(2)12-6-4-3-5-11(9)12;;/h7H,3-6H2,1-2H3;3-7H,1-2H3;;/q2*-1;;. The van der Waals surface area contributed by atoms with Crippen LogP contribution < -0.4 is 0 Å². The van der Waals surface area contributed by atoms with Crippen molar-refractivity contribution in [3.8, 4) is 0 Å². The van der Waals surface area contributed by atoms with Crippen LogP contribution in [0.3, 0.4) is 0 Å². The van der Waals surface area contributed by atoms with Gasteiger partial charge in [0.05, 0.1) is 0 Å². The summed E-state index contributed by atoms with van der Waals surface area (Å²) >= 11 is 0. The Balaban J connectivity index is 0.000000241. The van der Waals surface area contributed by atoms with Gasteiger partial charge in [-0.1, -0.05) is 71.6 Å². The van der Waals surface area contributed by atoms with Crippen molar-refractivity contribution < 1.29 is 65.4 Å². The topological polar surface area (TPSA) is 0 Å². The normalized spacial score (nSPS) is 12.2. The molecule has 1 aliphatic rings. The van der Waals surface area contributed by atoms with Crippen molar-refractivity contribution in [1.29, 1.82) is 0 Å². The summed E-state index contributed by atoms with van der Waals surface area (Å²) < 4.78 is 0. The van der Waals surface area contributed by atoms with E-state index in [1.165, 1.54) is 58.7 Å². The molecule has 0 fully saturated rings. The zero-order chi connectivity index (χ0) is 17.1. The van der Waals surface area contributed by atoms with E-state index in [0.717, 1.165) is 0 Å². The minimum atomic E-state index is 0. The molecular formula is C24H26Y2-2. The van der Waals surface area contributed by atoms with Crippen molar-refractivity contribution in [3.63, 3.8) is 0 Å². The first-order valence-corrected chi connectivity index (χ1v) is 8.94. The molecule has 4 rings (SSSR count). The van der Waals surface area contributed by atoms with E-state index in [0.29, 0.717) is 0 Å². The van der Waals surface area contributed by atoms with Gasteiger partial charge in [-0.3, -0.25) is 0 Å². The number of benzene rings is 3. The monoisotopic (exact) mass is 492 g/mol. The maximum atomic E-state index is 3.33. The molecule has 0 N–H and O–H groups in total. The number of aryl methyl sites for hydroxylation is 4. The summed E-state index contributed by atoms with van der Waals surface area (Å²) in [6.07, 6.45) is 5.30. The van der Waals surface area contributed by atoms with Gasteiger partial charge in [-0.25, -0.2) is 0 Å². The predicted molar refractivity (Wildman–Crippen MR) is 104 cm³/mol. The molecule has 130 valence electrons. The van der Waals surface area contributed by atoms with Gasteiger partial charge >= 0.3 is 0 Å². The fourth-order valence-electron chi connectivity index (χ4n) is 3.67. The van der Waals surface area contributed by atoms with E-state index in [1.54, 1.807) is 11.1 Å². The first kappa shape index (κ1) is 24.2. The van der Waals surface area contributed by atoms with Crippen LogP contribution in [0.1, 0.15) is 46.2 Å². The minimum Gasteiger partial charge on any atom is -0.180 e. The number of hydrogen-bond donors (Lipinski definition) is 0. The first-order chi connectivity index (χ1) is 11.6. The van der Waals surface area contributed by atoms with E-state index in [9.17, 15) is 0 Å². The third kappa shape index (κ3) is 5.57. The van der Waals surface area contributed by atoms with Gasteiger partial charge in [-0.05, 0) is 0 Å². The van der Waals surface area contributed by atoms with Gasteiger partial charge in [0, 0.05) is 65.4 Å². The van der Waals surface area contributed by atoms with E-state index in [1.807, 2.05) is 0 Å². The molecular weight excluding hydrogens is 466 g/mol. The molecule has 2 heteroatoms. The fourth-order valence-corrected chi connectivity index (χ4v) is 3.67. The molecule has 26 heavy (non-hydrogen) atoms. The van der Waals surface area contributed by atoms with Gasteiger partial charge in [0.2, 0.25) is 0 Å². The van der Waals surface area contributed by atoms with Crippen LogP contribution in [-0.4, -0.2) is 0 Å². The maximum Gasteiger partial charge on any atom is 0 e. The third-order valence-electron chi connectivity index (χ3n) is 5.16. The predicted octanol–water partition coefficient (Wildman–Crippen LogP) is 6.23. The number of hydrogen-bond acceptors (Lipinski definition) is 0. The van der Waals surface area contributed by atoms with Crippen molar-refractivity contribution in [3.05, 3.63) is 81.9 Å². The third-order valence-corrected chi connectivity index (χ3v) is 5.16. The van der Waals surface area contributed by atoms with Crippen LogP contribution in [-0.2, 0) is 78.3 Å². The molecule has 0 aliphatic heterocycles. The van der Waals surface area contributed by atoms with E-state index < -0.39 is 0 Å². The van der Waals surface area contributed by atoms with Crippen LogP contribution in [0.4, 0.5) is 0 Å². The van der Waals surface area contributed by atoms with Crippen LogP contribution in [0.15, 0.2) is 36.4 Å². The van der Waals surface area contributed by atoms with Crippen LogP contribution in [0, 0.1) is 39.8 Å². The Morgan fingerprint density at radius 2 is 1.19 bits per heavy atom. The quantitative estimate of drug-likeness (QED) is 0.327. The summed E-state index contributed by atoms with van der Waals surface area (Å²) in [4.78, 5) is 0. The van der Waals surface area contributed by atoms with E-state index >= 15 is 0 Å². The van der Waals surface area contributed by atoms with Gasteiger partial charge in [-0.2, -0.15) is 52.1 Å². The SMILES string of the molecule is Cc1[c-]cc(C)c2c1CCCC2.Cc1[c-]cc(C)c2ccccc12.[Y].[Y]. The summed E-state index contributed by atoms with van der Waals surface area (Å²) in [5.41, 5.74) is 8.54. The van der Waals surface area contributed by atoms with E-state index in [2.05, 4.69) is 76.2 Å². The maximum absolute atomic E-state index is 3.33. The average Bonchev–Trinajstić information content (AvgIpc) is 2.63. The van der Waals surface area contributed by atoms with Crippen LogP contribution in [0.5, 0.6) is 0 Å². The van der Waals surface area contributed by atoms with Crippen molar-refractivity contribution in [2.24, 2.45) is 0 Å². The average molecular weight is 492 g/mol. The van der Waals surface area contributed by atoms with Gasteiger partial charge in [0.25, 0.3) is 0 Å². The Morgan fingerprint density at radius 1 is 0.654 bits per heavy atom. The molecule has 0 nitrogen and oxygen atoms in total. The van der Waals surface area contributed by atoms with Crippen molar-refractivity contribution in [2.45, 2.75) is 53.4 Å². The molecule has 0 amide bonds. The largest absolute Gasteiger partial charge is 0.180 e. The second-order valence-corrected chi connectivity index (χ2v) is 6.90. The van der Waals surface area contributed by atoms with Crippen molar-refractivity contribution >= 4 is 10.8 Å².